The Morgan fingerprint density at radius 3 is 2.36 bits per heavy atom. The lowest BCUT2D eigenvalue weighted by Gasteiger charge is -2.50. The predicted molar refractivity (Wildman–Crippen MR) is 174 cm³/mol. The van der Waals surface area contributed by atoms with Gasteiger partial charge in [-0.15, -0.1) is 0 Å². The summed E-state index contributed by atoms with van der Waals surface area (Å²) in [6.07, 6.45) is 25.9. The molecule has 3 N–H and O–H groups in total. The Morgan fingerprint density at radius 2 is 1.67 bits per heavy atom. The minimum atomic E-state index is -0.755. The zero-order chi connectivity index (χ0) is 31.7. The number of carboxylic acids is 1. The molecule has 2 saturated heterocycles. The largest absolute Gasteiger partial charge is 0.481 e. The normalized spacial score (nSPS) is 33.9. The molecule has 0 aromatic rings. The van der Waals surface area contributed by atoms with E-state index in [1.165, 1.54) is 38.5 Å². The van der Waals surface area contributed by atoms with Crippen LogP contribution in [0.2, 0.25) is 0 Å². The van der Waals surface area contributed by atoms with Crippen molar-refractivity contribution >= 4 is 17.9 Å². The third-order valence-electron chi connectivity index (χ3n) is 10.9. The Bertz CT molecular complexity index is 1060. The smallest absolute Gasteiger partial charge is 0.350 e. The number of hydrogen-bond acceptors (Lipinski definition) is 7. The number of ether oxygens (including phenoxy) is 3. The number of guanidine groups is 1. The summed E-state index contributed by atoms with van der Waals surface area (Å²) in [4.78, 5) is 24.5. The number of esters is 1. The van der Waals surface area contributed by atoms with Gasteiger partial charge < -0.3 is 19.3 Å². The van der Waals surface area contributed by atoms with Crippen molar-refractivity contribution in [3.8, 4) is 0 Å². The second-order valence-electron chi connectivity index (χ2n) is 14.4. The first-order valence-corrected chi connectivity index (χ1v) is 18.5. The van der Waals surface area contributed by atoms with Gasteiger partial charge in [0.2, 0.25) is 5.72 Å². The first-order chi connectivity index (χ1) is 21.8. The molecule has 9 nitrogen and oxygen atoms in total. The van der Waals surface area contributed by atoms with Gasteiger partial charge in [0, 0.05) is 25.7 Å². The molecule has 7 atom stereocenters. The Morgan fingerprint density at radius 1 is 0.956 bits per heavy atom. The number of allylic oxidation sites excluding steroid dienone is 1. The SMILES string of the molecule is CCC1C=CCCC2(CC3CCC4C(C(=O)OCCCCCCCCCCCCCC(=O)O)C5(CCCC(C)O5)NC(=[N+]34)N2)O1. The molecule has 2 fully saturated rings. The predicted octanol–water partition coefficient (Wildman–Crippen LogP) is 6.53. The molecule has 5 heterocycles. The van der Waals surface area contributed by atoms with Crippen molar-refractivity contribution in [2.75, 3.05) is 6.61 Å². The molecule has 254 valence electrons. The average Bonchev–Trinajstić information content (AvgIpc) is 3.31. The average molecular weight is 631 g/mol. The van der Waals surface area contributed by atoms with Crippen LogP contribution in [0, 0.1) is 5.92 Å². The molecule has 2 spiro atoms. The summed E-state index contributed by atoms with van der Waals surface area (Å²) in [7, 11) is 0. The summed E-state index contributed by atoms with van der Waals surface area (Å²) in [5, 5.41) is 16.3. The molecule has 7 unspecified atom stereocenters. The third-order valence-corrected chi connectivity index (χ3v) is 10.9. The molecule has 0 aromatic heterocycles. The van der Waals surface area contributed by atoms with E-state index < -0.39 is 17.4 Å². The molecule has 5 rings (SSSR count). The van der Waals surface area contributed by atoms with Crippen molar-refractivity contribution in [3.63, 3.8) is 0 Å². The minimum absolute atomic E-state index is 0.0666. The van der Waals surface area contributed by atoms with Crippen LogP contribution in [-0.4, -0.2) is 69.9 Å². The van der Waals surface area contributed by atoms with Crippen LogP contribution < -0.4 is 10.6 Å². The van der Waals surface area contributed by atoms with Crippen LogP contribution in [0.15, 0.2) is 12.2 Å². The zero-order valence-electron chi connectivity index (χ0n) is 28.0. The zero-order valence-corrected chi connectivity index (χ0v) is 28.0. The van der Waals surface area contributed by atoms with Crippen molar-refractivity contribution in [3.05, 3.63) is 12.2 Å². The summed E-state index contributed by atoms with van der Waals surface area (Å²) in [6.45, 7) is 4.79. The van der Waals surface area contributed by atoms with Crippen LogP contribution >= 0.6 is 0 Å². The van der Waals surface area contributed by atoms with Gasteiger partial charge in [0.25, 0.3) is 0 Å². The van der Waals surface area contributed by atoms with Gasteiger partial charge in [0.05, 0.1) is 30.9 Å². The maximum Gasteiger partial charge on any atom is 0.350 e. The lowest BCUT2D eigenvalue weighted by Crippen LogP contribution is -2.76. The van der Waals surface area contributed by atoms with Gasteiger partial charge in [-0.3, -0.25) is 14.2 Å². The van der Waals surface area contributed by atoms with E-state index in [1.54, 1.807) is 0 Å². The lowest BCUT2D eigenvalue weighted by molar-refractivity contribution is -0.609. The Hall–Kier alpha value is -2.13. The van der Waals surface area contributed by atoms with Crippen molar-refractivity contribution in [1.82, 2.24) is 10.6 Å². The first kappa shape index (κ1) is 34.2. The maximum absolute atomic E-state index is 13.9. The standard InChI is InChI=1S/C36H59N3O6/c1-3-29-19-14-15-23-35(45-29)26-28-21-22-30-32(36(24-17-18-27(2)44-36)38-34(37-35)39(28)30)33(42)43-25-16-12-10-8-6-4-5-7-9-11-13-20-31(40)41/h14,19,27-30,32H,3-13,15-18,20-26H2,1-2H3,(H2,37,38,40,41)/p+1. The van der Waals surface area contributed by atoms with Crippen LogP contribution in [0.5, 0.6) is 0 Å². The number of nitrogens with one attached hydrogen (secondary N) is 2. The summed E-state index contributed by atoms with van der Waals surface area (Å²) in [6, 6.07) is 0.400. The van der Waals surface area contributed by atoms with Crippen LogP contribution in [0.4, 0.5) is 0 Å². The quantitative estimate of drug-likeness (QED) is 0.0764. The Labute approximate surface area is 270 Å². The van der Waals surface area contributed by atoms with Crippen molar-refractivity contribution in [1.29, 1.82) is 0 Å². The van der Waals surface area contributed by atoms with E-state index >= 15 is 0 Å². The van der Waals surface area contributed by atoms with Gasteiger partial charge in [0.15, 0.2) is 11.6 Å². The Kier molecular flexibility index (Phi) is 12.3. The number of aliphatic carboxylic acids is 1. The van der Waals surface area contributed by atoms with Gasteiger partial charge in [-0.25, -0.2) is 10.6 Å². The number of nitrogens with zero attached hydrogens (tertiary/aromatic N) is 1. The van der Waals surface area contributed by atoms with Crippen molar-refractivity contribution in [2.24, 2.45) is 5.92 Å². The molecule has 0 aromatic carbocycles. The molecule has 9 heteroatoms. The van der Waals surface area contributed by atoms with Crippen molar-refractivity contribution in [2.45, 2.75) is 184 Å². The van der Waals surface area contributed by atoms with E-state index in [-0.39, 0.29) is 30.1 Å². The fraction of sp³-hybridized carbons (Fsp3) is 0.861. The van der Waals surface area contributed by atoms with Gasteiger partial charge in [0.1, 0.15) is 0 Å². The number of rotatable bonds is 16. The summed E-state index contributed by atoms with van der Waals surface area (Å²) in [5.41, 5.74) is -1.16. The topological polar surface area (TPSA) is 109 Å². The fourth-order valence-corrected chi connectivity index (χ4v) is 8.63. The third kappa shape index (κ3) is 8.62. The monoisotopic (exact) mass is 630 g/mol. The summed E-state index contributed by atoms with van der Waals surface area (Å²) < 4.78 is 22.0. The van der Waals surface area contributed by atoms with Crippen LogP contribution in [-0.2, 0) is 23.8 Å². The van der Waals surface area contributed by atoms with E-state index in [4.69, 9.17) is 19.3 Å². The van der Waals surface area contributed by atoms with Crippen LogP contribution in [0.25, 0.3) is 0 Å². The fourth-order valence-electron chi connectivity index (χ4n) is 8.63. The molecule has 0 aliphatic carbocycles. The second kappa shape index (κ2) is 16.1. The number of carboxylic acid groups (broad SMARTS) is 1. The molecule has 0 saturated carbocycles. The van der Waals surface area contributed by atoms with Crippen LogP contribution in [0.1, 0.15) is 149 Å². The first-order valence-electron chi connectivity index (χ1n) is 18.5. The molecular weight excluding hydrogens is 570 g/mol. The molecule has 5 aliphatic rings. The van der Waals surface area contributed by atoms with Gasteiger partial charge in [-0.1, -0.05) is 76.9 Å². The van der Waals surface area contributed by atoms with E-state index in [1.807, 2.05) is 0 Å². The van der Waals surface area contributed by atoms with E-state index in [0.717, 1.165) is 95.9 Å². The van der Waals surface area contributed by atoms with E-state index in [9.17, 15) is 9.59 Å². The van der Waals surface area contributed by atoms with Gasteiger partial charge in [-0.2, -0.15) is 0 Å². The molecular formula is C36H60N3O6+. The molecule has 0 radical (unpaired) electrons. The van der Waals surface area contributed by atoms with E-state index in [0.29, 0.717) is 19.1 Å². The minimum Gasteiger partial charge on any atom is -0.481 e. The maximum atomic E-state index is 13.9. The summed E-state index contributed by atoms with van der Waals surface area (Å²) >= 11 is 0. The Balaban J connectivity index is 1.11. The number of unbranched alkanes of at least 4 members (excludes halogenated alkanes) is 10. The number of hydrogen-bond donors (Lipinski definition) is 3. The number of carbonyl (C=O) groups excluding carboxylic acids is 1. The van der Waals surface area contributed by atoms with Crippen LogP contribution in [0.3, 0.4) is 0 Å². The van der Waals surface area contributed by atoms with E-state index in [2.05, 4.69) is 41.2 Å². The highest BCUT2D eigenvalue weighted by Crippen LogP contribution is 2.45. The highest BCUT2D eigenvalue weighted by molar-refractivity contribution is 5.82. The lowest BCUT2D eigenvalue weighted by atomic mass is 9.80. The molecule has 5 aliphatic heterocycles. The van der Waals surface area contributed by atoms with Crippen molar-refractivity contribution < 1.29 is 33.5 Å². The molecule has 0 amide bonds. The van der Waals surface area contributed by atoms with Gasteiger partial charge in [-0.05, 0) is 58.3 Å². The second-order valence-corrected chi connectivity index (χ2v) is 14.4. The highest BCUT2D eigenvalue weighted by atomic mass is 16.6. The molecule has 45 heavy (non-hydrogen) atoms. The highest BCUT2D eigenvalue weighted by Gasteiger charge is 2.64. The summed E-state index contributed by atoms with van der Waals surface area (Å²) in [5.74, 6) is -0.157. The number of carbonyl (C=O) groups is 2. The van der Waals surface area contributed by atoms with Gasteiger partial charge >= 0.3 is 17.9 Å². The molecule has 0 bridgehead atoms.